The molecule has 0 radical (unpaired) electrons. The van der Waals surface area contributed by atoms with Crippen molar-refractivity contribution in [1.82, 2.24) is 30.1 Å². The second-order valence-corrected chi connectivity index (χ2v) is 9.69. The molecule has 1 unspecified atom stereocenters. The summed E-state index contributed by atoms with van der Waals surface area (Å²) in [6.07, 6.45) is 5.37. The summed E-state index contributed by atoms with van der Waals surface area (Å²) in [6.45, 7) is 7.49. The minimum atomic E-state index is -0.679. The van der Waals surface area contributed by atoms with Crippen LogP contribution in [0.2, 0.25) is 0 Å². The van der Waals surface area contributed by atoms with E-state index in [1.54, 1.807) is 18.3 Å². The van der Waals surface area contributed by atoms with Crippen molar-refractivity contribution in [3.05, 3.63) is 65.8 Å². The van der Waals surface area contributed by atoms with Crippen molar-refractivity contribution in [2.24, 2.45) is 12.8 Å². The molecule has 9 nitrogen and oxygen atoms in total. The Hall–Kier alpha value is -3.63. The number of ether oxygens (including phenoxy) is 1. The maximum absolute atomic E-state index is 14.0. The SMILES string of the molecule is CC(C)OC1=C(Nc2nccc(-c3cn(C)c4ccc(F)cc34)n2)C=C(N)C(C)(NCCN(C)C)N1. The summed E-state index contributed by atoms with van der Waals surface area (Å²) in [5, 5.41) is 10.9. The number of likely N-dealkylation sites (N-methyl/N-ethyl adjacent to an activating group) is 1. The van der Waals surface area contributed by atoms with E-state index in [4.69, 9.17) is 15.5 Å². The van der Waals surface area contributed by atoms with E-state index >= 15 is 0 Å². The smallest absolute Gasteiger partial charge is 0.227 e. The van der Waals surface area contributed by atoms with Crippen LogP contribution in [0.1, 0.15) is 20.8 Å². The Balaban J connectivity index is 1.64. The molecule has 36 heavy (non-hydrogen) atoms. The number of aromatic nitrogens is 3. The first-order valence-corrected chi connectivity index (χ1v) is 12.0. The first kappa shape index (κ1) is 25.5. The van der Waals surface area contributed by atoms with Crippen LogP contribution in [0.25, 0.3) is 22.2 Å². The van der Waals surface area contributed by atoms with E-state index in [-0.39, 0.29) is 11.9 Å². The van der Waals surface area contributed by atoms with Gasteiger partial charge in [0.1, 0.15) is 17.2 Å². The normalized spacial score (nSPS) is 18.1. The van der Waals surface area contributed by atoms with Crippen LogP contribution in [-0.2, 0) is 11.8 Å². The quantitative estimate of drug-likeness (QED) is 0.360. The fourth-order valence-corrected chi connectivity index (χ4v) is 4.09. The molecule has 0 spiro atoms. The standard InChI is InChI=1S/C26H35FN8O/c1-16(2)36-24-21(14-23(28)26(3,33-24)30-11-12-34(4)5)32-25-29-10-9-20(31-25)19-15-35(6)22-8-7-17(27)13-18(19)22/h7-10,13-16,30,33H,11-12,28H2,1-6H3,(H,29,31,32). The van der Waals surface area contributed by atoms with Gasteiger partial charge in [0, 0.05) is 49.0 Å². The Morgan fingerprint density at radius 2 is 2.06 bits per heavy atom. The average molecular weight is 495 g/mol. The number of nitrogens with one attached hydrogen (secondary N) is 3. The molecular formula is C26H35FN8O. The summed E-state index contributed by atoms with van der Waals surface area (Å²) < 4.78 is 22.0. The largest absolute Gasteiger partial charge is 0.475 e. The van der Waals surface area contributed by atoms with Crippen LogP contribution in [0.4, 0.5) is 10.3 Å². The fourth-order valence-electron chi connectivity index (χ4n) is 4.09. The maximum atomic E-state index is 14.0. The summed E-state index contributed by atoms with van der Waals surface area (Å²) >= 11 is 0. The Morgan fingerprint density at radius 1 is 1.28 bits per heavy atom. The molecule has 1 aromatic carbocycles. The van der Waals surface area contributed by atoms with Crippen molar-refractivity contribution in [1.29, 1.82) is 0 Å². The number of halogens is 1. The van der Waals surface area contributed by atoms with Gasteiger partial charge in [-0.25, -0.2) is 14.4 Å². The number of nitrogens with two attached hydrogens (primary N) is 1. The summed E-state index contributed by atoms with van der Waals surface area (Å²) in [4.78, 5) is 11.2. The Bertz CT molecular complexity index is 1310. The third-order valence-electron chi connectivity index (χ3n) is 6.01. The van der Waals surface area contributed by atoms with Gasteiger partial charge in [0.25, 0.3) is 0 Å². The van der Waals surface area contributed by atoms with Crippen molar-refractivity contribution in [3.8, 4) is 11.3 Å². The van der Waals surface area contributed by atoms with Crippen molar-refractivity contribution in [3.63, 3.8) is 0 Å². The molecule has 10 heteroatoms. The topological polar surface area (TPSA) is 105 Å². The third kappa shape index (κ3) is 5.44. The highest BCUT2D eigenvalue weighted by molar-refractivity contribution is 5.95. The van der Waals surface area contributed by atoms with E-state index < -0.39 is 5.66 Å². The van der Waals surface area contributed by atoms with Crippen LogP contribution >= 0.6 is 0 Å². The monoisotopic (exact) mass is 494 g/mol. The van der Waals surface area contributed by atoms with E-state index in [0.717, 1.165) is 29.6 Å². The van der Waals surface area contributed by atoms with Gasteiger partial charge in [0.2, 0.25) is 11.8 Å². The Labute approximate surface area is 211 Å². The number of fused-ring (bicyclic) bond motifs is 1. The van der Waals surface area contributed by atoms with Crippen LogP contribution in [0.15, 0.2) is 60.0 Å². The number of anilines is 1. The van der Waals surface area contributed by atoms with Crippen molar-refractivity contribution < 1.29 is 9.13 Å². The van der Waals surface area contributed by atoms with Crippen LogP contribution < -0.4 is 21.7 Å². The molecule has 1 atom stereocenters. The molecule has 5 N–H and O–H groups in total. The highest BCUT2D eigenvalue weighted by Gasteiger charge is 2.33. The second kappa shape index (κ2) is 10.2. The van der Waals surface area contributed by atoms with Crippen molar-refractivity contribution in [2.75, 3.05) is 32.5 Å². The highest BCUT2D eigenvalue weighted by Crippen LogP contribution is 2.30. The number of hydrogen-bond acceptors (Lipinski definition) is 8. The molecule has 0 bridgehead atoms. The lowest BCUT2D eigenvalue weighted by molar-refractivity contribution is 0.108. The number of aryl methyl sites for hydroxylation is 1. The van der Waals surface area contributed by atoms with E-state index in [9.17, 15) is 4.39 Å². The lowest BCUT2D eigenvalue weighted by atomic mass is 10.0. The van der Waals surface area contributed by atoms with Crippen LogP contribution in [0.3, 0.4) is 0 Å². The zero-order chi connectivity index (χ0) is 26.0. The van der Waals surface area contributed by atoms with Gasteiger partial charge in [-0.3, -0.25) is 5.32 Å². The molecule has 0 aliphatic carbocycles. The Kier molecular flexibility index (Phi) is 7.18. The minimum Gasteiger partial charge on any atom is -0.475 e. The average Bonchev–Trinajstić information content (AvgIpc) is 3.12. The Morgan fingerprint density at radius 3 is 2.78 bits per heavy atom. The van der Waals surface area contributed by atoms with Crippen LogP contribution in [0, 0.1) is 5.82 Å². The summed E-state index contributed by atoms with van der Waals surface area (Å²) in [5.41, 5.74) is 9.43. The third-order valence-corrected chi connectivity index (χ3v) is 6.01. The van der Waals surface area contributed by atoms with Gasteiger partial charge in [0.15, 0.2) is 0 Å². The number of nitrogens with zero attached hydrogens (tertiary/aromatic N) is 4. The van der Waals surface area contributed by atoms with Gasteiger partial charge in [-0.2, -0.15) is 0 Å². The number of hydrogen-bond donors (Lipinski definition) is 4. The van der Waals surface area contributed by atoms with Gasteiger partial charge in [-0.15, -0.1) is 0 Å². The number of rotatable bonds is 9. The van der Waals surface area contributed by atoms with Crippen LogP contribution in [0.5, 0.6) is 0 Å². The van der Waals surface area contributed by atoms with Crippen LogP contribution in [-0.4, -0.2) is 58.4 Å². The maximum Gasteiger partial charge on any atom is 0.227 e. The van der Waals surface area contributed by atoms with Gasteiger partial charge in [0.05, 0.1) is 17.5 Å². The zero-order valence-electron chi connectivity index (χ0n) is 21.7. The zero-order valence-corrected chi connectivity index (χ0v) is 21.7. The second-order valence-electron chi connectivity index (χ2n) is 9.69. The van der Waals surface area contributed by atoms with E-state index in [2.05, 4.69) is 25.8 Å². The summed E-state index contributed by atoms with van der Waals surface area (Å²) in [5.74, 6) is 0.621. The molecular weight excluding hydrogens is 459 g/mol. The molecule has 0 saturated carbocycles. The lowest BCUT2D eigenvalue weighted by Crippen LogP contribution is -2.60. The molecule has 3 heterocycles. The molecule has 0 fully saturated rings. The molecule has 2 aromatic heterocycles. The molecule has 0 saturated heterocycles. The first-order chi connectivity index (χ1) is 17.1. The predicted octanol–water partition coefficient (Wildman–Crippen LogP) is 3.09. The van der Waals surface area contributed by atoms with E-state index in [1.807, 2.05) is 58.8 Å². The molecule has 1 aliphatic heterocycles. The molecule has 1 aliphatic rings. The lowest BCUT2D eigenvalue weighted by Gasteiger charge is -2.38. The van der Waals surface area contributed by atoms with Gasteiger partial charge >= 0.3 is 0 Å². The summed E-state index contributed by atoms with van der Waals surface area (Å²) in [6, 6.07) is 6.55. The number of benzene rings is 1. The van der Waals surface area contributed by atoms with E-state index in [0.29, 0.717) is 28.9 Å². The number of allylic oxidation sites excluding steroid dienone is 1. The van der Waals surface area contributed by atoms with Crippen molar-refractivity contribution in [2.45, 2.75) is 32.5 Å². The minimum absolute atomic E-state index is 0.0686. The van der Waals surface area contributed by atoms with Gasteiger partial charge in [-0.1, -0.05) is 0 Å². The highest BCUT2D eigenvalue weighted by atomic mass is 19.1. The van der Waals surface area contributed by atoms with E-state index in [1.165, 1.54) is 12.1 Å². The van der Waals surface area contributed by atoms with Gasteiger partial charge < -0.3 is 30.6 Å². The summed E-state index contributed by atoms with van der Waals surface area (Å²) in [7, 11) is 5.97. The first-order valence-electron chi connectivity index (χ1n) is 12.0. The van der Waals surface area contributed by atoms with Gasteiger partial charge in [-0.05, 0) is 65.2 Å². The fraction of sp³-hybridized carbons (Fsp3) is 0.385. The molecule has 0 amide bonds. The predicted molar refractivity (Wildman–Crippen MR) is 141 cm³/mol. The number of dihydropyridines is 1. The molecule has 192 valence electrons. The molecule has 3 aromatic rings. The van der Waals surface area contributed by atoms with Crippen molar-refractivity contribution >= 4 is 16.9 Å². The molecule has 4 rings (SSSR count).